The molecule has 0 aliphatic carbocycles. The smallest absolute Gasteiger partial charge is 0.255 e. The molecule has 0 radical (unpaired) electrons. The molecule has 0 saturated carbocycles. The third-order valence-electron chi connectivity index (χ3n) is 3.33. The molecule has 0 saturated heterocycles. The molecule has 25 heavy (non-hydrogen) atoms. The molecule has 1 aromatic carbocycles. The van der Waals surface area contributed by atoms with E-state index in [1.54, 1.807) is 25.1 Å². The number of hydrogen-bond acceptors (Lipinski definition) is 5. The van der Waals surface area contributed by atoms with Crippen LogP contribution in [-0.2, 0) is 4.79 Å². The average Bonchev–Trinajstić information content (AvgIpc) is 3.10. The fourth-order valence-electron chi connectivity index (χ4n) is 2.07. The molecular formula is C18H22N2O5. The monoisotopic (exact) mass is 346 g/mol. The van der Waals surface area contributed by atoms with Gasteiger partial charge in [-0.05, 0) is 39.0 Å². The predicted molar refractivity (Wildman–Crippen MR) is 93.0 cm³/mol. The number of methoxy groups -OCH3 is 1. The minimum Gasteiger partial charge on any atom is -0.497 e. The second kappa shape index (κ2) is 8.23. The maximum Gasteiger partial charge on any atom is 0.255 e. The molecule has 2 rings (SSSR count). The van der Waals surface area contributed by atoms with Gasteiger partial charge in [0.25, 0.3) is 5.91 Å². The summed E-state index contributed by atoms with van der Waals surface area (Å²) in [5.74, 6) is 0.346. The van der Waals surface area contributed by atoms with Crippen LogP contribution in [0.5, 0.6) is 11.5 Å². The van der Waals surface area contributed by atoms with Gasteiger partial charge in [0.2, 0.25) is 5.91 Å². The van der Waals surface area contributed by atoms with Gasteiger partial charge in [0.15, 0.2) is 0 Å². The lowest BCUT2D eigenvalue weighted by atomic mass is 10.2. The Morgan fingerprint density at radius 1 is 1.16 bits per heavy atom. The number of amides is 2. The third kappa shape index (κ3) is 5.00. The topological polar surface area (TPSA) is 89.8 Å². The Labute approximate surface area is 146 Å². The standard InChI is InChI=1S/C18H22N2O5/c1-11(2)25-16-6-5-14(23-4)9-15(16)20-17(21)12(3)19-18(22)13-7-8-24-10-13/h5-12H,1-4H3,(H,19,22)(H,20,21)/t12-/m1/s1. The molecule has 0 fully saturated rings. The molecule has 0 unspecified atom stereocenters. The molecule has 1 aromatic heterocycles. The van der Waals surface area contributed by atoms with Crippen LogP contribution in [0, 0.1) is 0 Å². The number of benzene rings is 1. The molecule has 0 bridgehead atoms. The minimum atomic E-state index is -0.750. The molecule has 2 aromatic rings. The van der Waals surface area contributed by atoms with Crippen molar-refractivity contribution in [1.82, 2.24) is 5.32 Å². The highest BCUT2D eigenvalue weighted by molar-refractivity contribution is 6.01. The van der Waals surface area contributed by atoms with Crippen LogP contribution < -0.4 is 20.1 Å². The lowest BCUT2D eigenvalue weighted by Gasteiger charge is -2.18. The van der Waals surface area contributed by atoms with Crippen LogP contribution in [0.15, 0.2) is 41.2 Å². The molecule has 0 spiro atoms. The largest absolute Gasteiger partial charge is 0.497 e. The summed E-state index contributed by atoms with van der Waals surface area (Å²) in [5.41, 5.74) is 0.826. The zero-order chi connectivity index (χ0) is 18.4. The molecule has 134 valence electrons. The van der Waals surface area contributed by atoms with E-state index in [2.05, 4.69) is 10.6 Å². The van der Waals surface area contributed by atoms with Crippen molar-refractivity contribution in [1.29, 1.82) is 0 Å². The van der Waals surface area contributed by atoms with Crippen LogP contribution in [0.2, 0.25) is 0 Å². The second-order valence-electron chi connectivity index (χ2n) is 5.73. The fraction of sp³-hybridized carbons (Fsp3) is 0.333. The van der Waals surface area contributed by atoms with Crippen LogP contribution in [0.25, 0.3) is 0 Å². The quantitative estimate of drug-likeness (QED) is 0.804. The highest BCUT2D eigenvalue weighted by atomic mass is 16.5. The molecule has 7 heteroatoms. The van der Waals surface area contributed by atoms with E-state index in [9.17, 15) is 9.59 Å². The van der Waals surface area contributed by atoms with E-state index in [-0.39, 0.29) is 17.9 Å². The second-order valence-corrected chi connectivity index (χ2v) is 5.73. The Morgan fingerprint density at radius 3 is 2.52 bits per heavy atom. The van der Waals surface area contributed by atoms with E-state index in [0.717, 1.165) is 0 Å². The molecule has 1 heterocycles. The third-order valence-corrected chi connectivity index (χ3v) is 3.33. The molecule has 2 N–H and O–H groups in total. The first kappa shape index (κ1) is 18.4. The predicted octanol–water partition coefficient (Wildman–Crippen LogP) is 2.83. The number of carbonyl (C=O) groups is 2. The van der Waals surface area contributed by atoms with E-state index < -0.39 is 6.04 Å². The van der Waals surface area contributed by atoms with Gasteiger partial charge in [-0.15, -0.1) is 0 Å². The summed E-state index contributed by atoms with van der Waals surface area (Å²) in [4.78, 5) is 24.4. The van der Waals surface area contributed by atoms with Crippen LogP contribution in [0.4, 0.5) is 5.69 Å². The zero-order valence-electron chi connectivity index (χ0n) is 14.7. The van der Waals surface area contributed by atoms with E-state index >= 15 is 0 Å². The first-order valence-electron chi connectivity index (χ1n) is 7.89. The fourth-order valence-corrected chi connectivity index (χ4v) is 2.07. The summed E-state index contributed by atoms with van der Waals surface area (Å²) in [6.45, 7) is 5.38. The summed E-state index contributed by atoms with van der Waals surface area (Å²) in [6.07, 6.45) is 2.66. The molecule has 7 nitrogen and oxygen atoms in total. The van der Waals surface area contributed by atoms with Crippen LogP contribution in [0.1, 0.15) is 31.1 Å². The van der Waals surface area contributed by atoms with Crippen molar-refractivity contribution >= 4 is 17.5 Å². The van der Waals surface area contributed by atoms with Crippen molar-refractivity contribution in [2.24, 2.45) is 0 Å². The number of rotatable bonds is 7. The Kier molecular flexibility index (Phi) is 6.05. The molecule has 0 aliphatic heterocycles. The van der Waals surface area contributed by atoms with Crippen LogP contribution in [0.3, 0.4) is 0 Å². The van der Waals surface area contributed by atoms with Gasteiger partial charge in [-0.1, -0.05) is 0 Å². The van der Waals surface area contributed by atoms with Crippen molar-refractivity contribution in [3.05, 3.63) is 42.4 Å². The maximum absolute atomic E-state index is 12.4. The zero-order valence-corrected chi connectivity index (χ0v) is 14.7. The lowest BCUT2D eigenvalue weighted by molar-refractivity contribution is -0.117. The van der Waals surface area contributed by atoms with Crippen molar-refractivity contribution in [3.63, 3.8) is 0 Å². The highest BCUT2D eigenvalue weighted by Gasteiger charge is 2.19. The maximum atomic E-state index is 12.4. The molecule has 0 aliphatic rings. The number of hydrogen-bond donors (Lipinski definition) is 2. The number of furan rings is 1. The van der Waals surface area contributed by atoms with Gasteiger partial charge in [0.05, 0.1) is 30.7 Å². The first-order chi connectivity index (χ1) is 11.9. The van der Waals surface area contributed by atoms with Gasteiger partial charge in [0.1, 0.15) is 23.8 Å². The lowest BCUT2D eigenvalue weighted by Crippen LogP contribution is -2.41. The summed E-state index contributed by atoms with van der Waals surface area (Å²) in [5, 5.41) is 5.37. The van der Waals surface area contributed by atoms with E-state index in [0.29, 0.717) is 22.7 Å². The van der Waals surface area contributed by atoms with E-state index in [4.69, 9.17) is 13.9 Å². The van der Waals surface area contributed by atoms with Gasteiger partial charge < -0.3 is 24.5 Å². The summed E-state index contributed by atoms with van der Waals surface area (Å²) < 4.78 is 15.7. The number of ether oxygens (including phenoxy) is 2. The normalized spacial score (nSPS) is 11.7. The van der Waals surface area contributed by atoms with Crippen LogP contribution in [-0.4, -0.2) is 31.1 Å². The van der Waals surface area contributed by atoms with Gasteiger partial charge in [-0.3, -0.25) is 9.59 Å². The van der Waals surface area contributed by atoms with Crippen molar-refractivity contribution in [2.45, 2.75) is 32.9 Å². The molecule has 2 amide bonds. The Balaban J connectivity index is 2.08. The molecule has 1 atom stereocenters. The van der Waals surface area contributed by atoms with E-state index in [1.165, 1.54) is 25.7 Å². The van der Waals surface area contributed by atoms with Gasteiger partial charge in [-0.25, -0.2) is 0 Å². The number of carbonyl (C=O) groups excluding carboxylic acids is 2. The molecular weight excluding hydrogens is 324 g/mol. The van der Waals surface area contributed by atoms with Gasteiger partial charge in [0, 0.05) is 6.07 Å². The summed E-state index contributed by atoms with van der Waals surface area (Å²) in [6, 6.07) is 5.91. The van der Waals surface area contributed by atoms with Crippen molar-refractivity contribution < 1.29 is 23.5 Å². The summed E-state index contributed by atoms with van der Waals surface area (Å²) in [7, 11) is 1.54. The SMILES string of the molecule is COc1ccc(OC(C)C)c(NC(=O)[C@@H](C)NC(=O)c2ccoc2)c1. The minimum absolute atomic E-state index is 0.0535. The average molecular weight is 346 g/mol. The van der Waals surface area contributed by atoms with Crippen molar-refractivity contribution in [3.8, 4) is 11.5 Å². The first-order valence-corrected chi connectivity index (χ1v) is 7.89. The van der Waals surface area contributed by atoms with E-state index in [1.807, 2.05) is 13.8 Å². The van der Waals surface area contributed by atoms with Crippen LogP contribution >= 0.6 is 0 Å². The van der Waals surface area contributed by atoms with Gasteiger partial charge in [-0.2, -0.15) is 0 Å². The number of nitrogens with one attached hydrogen (secondary N) is 2. The van der Waals surface area contributed by atoms with Crippen molar-refractivity contribution in [2.75, 3.05) is 12.4 Å². The summed E-state index contributed by atoms with van der Waals surface area (Å²) >= 11 is 0. The van der Waals surface area contributed by atoms with Gasteiger partial charge >= 0.3 is 0 Å². The Bertz CT molecular complexity index is 725. The highest BCUT2D eigenvalue weighted by Crippen LogP contribution is 2.30. The number of anilines is 1. The Morgan fingerprint density at radius 2 is 1.92 bits per heavy atom. The Hall–Kier alpha value is -2.96.